The Balaban J connectivity index is 1.40. The zero-order chi connectivity index (χ0) is 21.8. The minimum Gasteiger partial charge on any atom is -0.494 e. The van der Waals surface area contributed by atoms with Crippen LogP contribution in [0.5, 0.6) is 5.75 Å². The van der Waals surface area contributed by atoms with E-state index >= 15 is 0 Å². The van der Waals surface area contributed by atoms with Crippen molar-refractivity contribution in [3.8, 4) is 5.75 Å². The van der Waals surface area contributed by atoms with E-state index in [0.717, 1.165) is 24.6 Å². The Kier molecular flexibility index (Phi) is 14.5. The molecule has 0 aliphatic heterocycles. The van der Waals surface area contributed by atoms with Gasteiger partial charge < -0.3 is 4.74 Å². The molecule has 2 aromatic rings. The molecule has 0 N–H and O–H groups in total. The van der Waals surface area contributed by atoms with E-state index < -0.39 is 0 Å². The number of nitrogens with zero attached hydrogens (tertiary/aromatic N) is 2. The van der Waals surface area contributed by atoms with E-state index in [1.54, 1.807) is 0 Å². The molecule has 3 nitrogen and oxygen atoms in total. The lowest BCUT2D eigenvalue weighted by atomic mass is 10.0. The van der Waals surface area contributed by atoms with Gasteiger partial charge in [-0.3, -0.25) is 0 Å². The van der Waals surface area contributed by atoms with Crippen molar-refractivity contribution in [2.24, 2.45) is 0 Å². The smallest absolute Gasteiger partial charge is 0.128 e. The van der Waals surface area contributed by atoms with Crippen LogP contribution in [0.15, 0.2) is 42.7 Å². The number of rotatable bonds is 19. The molecule has 0 saturated carbocycles. The molecular weight excluding hydrogens is 380 g/mol. The fraction of sp³-hybridized carbons (Fsp3) is 0.643. The van der Waals surface area contributed by atoms with Crippen molar-refractivity contribution < 1.29 is 4.74 Å². The first kappa shape index (κ1) is 25.4. The molecule has 0 bridgehead atoms. The molecule has 0 unspecified atom stereocenters. The second kappa shape index (κ2) is 17.7. The average molecular weight is 425 g/mol. The molecule has 0 saturated heterocycles. The van der Waals surface area contributed by atoms with Gasteiger partial charge in [0.1, 0.15) is 11.6 Å². The van der Waals surface area contributed by atoms with Crippen LogP contribution in [0.3, 0.4) is 0 Å². The second-order valence-corrected chi connectivity index (χ2v) is 8.75. The Hall–Kier alpha value is -1.90. The maximum atomic E-state index is 5.90. The molecule has 31 heavy (non-hydrogen) atoms. The summed E-state index contributed by atoms with van der Waals surface area (Å²) in [5.74, 6) is 2.01. The van der Waals surface area contributed by atoms with E-state index in [4.69, 9.17) is 4.74 Å². The molecule has 0 radical (unpaired) electrons. The third-order valence-electron chi connectivity index (χ3n) is 5.93. The van der Waals surface area contributed by atoms with Crippen molar-refractivity contribution >= 4 is 0 Å². The topological polar surface area (TPSA) is 35.0 Å². The van der Waals surface area contributed by atoms with Gasteiger partial charge in [-0.15, -0.1) is 0 Å². The van der Waals surface area contributed by atoms with Crippen molar-refractivity contribution in [3.05, 3.63) is 54.1 Å². The van der Waals surface area contributed by atoms with Crippen molar-refractivity contribution in [1.29, 1.82) is 0 Å². The summed E-state index contributed by atoms with van der Waals surface area (Å²) in [7, 11) is 0. The first-order chi connectivity index (χ1) is 15.4. The predicted molar refractivity (Wildman–Crippen MR) is 132 cm³/mol. The number of hydrogen-bond donors (Lipinski definition) is 0. The lowest BCUT2D eigenvalue weighted by molar-refractivity contribution is 0.304. The van der Waals surface area contributed by atoms with Crippen molar-refractivity contribution in [2.45, 2.75) is 110 Å². The van der Waals surface area contributed by atoms with Crippen molar-refractivity contribution in [1.82, 2.24) is 9.97 Å². The lowest BCUT2D eigenvalue weighted by Gasteiger charge is -2.08. The Morgan fingerprint density at radius 2 is 1.16 bits per heavy atom. The highest BCUT2D eigenvalue weighted by Crippen LogP contribution is 2.16. The van der Waals surface area contributed by atoms with Gasteiger partial charge >= 0.3 is 0 Å². The van der Waals surface area contributed by atoms with Gasteiger partial charge in [-0.25, -0.2) is 9.97 Å². The van der Waals surface area contributed by atoms with Crippen molar-refractivity contribution in [2.75, 3.05) is 6.61 Å². The zero-order valence-corrected chi connectivity index (χ0v) is 19.9. The summed E-state index contributed by atoms with van der Waals surface area (Å²) in [5, 5.41) is 0. The lowest BCUT2D eigenvalue weighted by Crippen LogP contribution is -1.97. The summed E-state index contributed by atoms with van der Waals surface area (Å²) in [6, 6.07) is 10.7. The van der Waals surface area contributed by atoms with E-state index in [1.165, 1.54) is 102 Å². The fourth-order valence-electron chi connectivity index (χ4n) is 3.96. The number of benzene rings is 1. The Bertz CT molecular complexity index is 642. The Labute approximate surface area is 191 Å². The maximum Gasteiger partial charge on any atom is 0.128 e. The SMILES string of the molecule is CCCCCCCCCOc1ccc(CCCCCCCCCc2ncccn2)cc1. The molecule has 0 aliphatic carbocycles. The molecule has 0 fully saturated rings. The summed E-state index contributed by atoms with van der Waals surface area (Å²) in [4.78, 5) is 8.57. The monoisotopic (exact) mass is 424 g/mol. The van der Waals surface area contributed by atoms with Crippen LogP contribution in [0.2, 0.25) is 0 Å². The van der Waals surface area contributed by atoms with Gasteiger partial charge in [0.05, 0.1) is 6.61 Å². The number of aromatic nitrogens is 2. The molecule has 0 amide bonds. The van der Waals surface area contributed by atoms with Crippen molar-refractivity contribution in [3.63, 3.8) is 0 Å². The molecular formula is C28H44N2O. The van der Waals surface area contributed by atoms with Crippen LogP contribution >= 0.6 is 0 Å². The number of aryl methyl sites for hydroxylation is 2. The molecule has 0 atom stereocenters. The van der Waals surface area contributed by atoms with Crippen LogP contribution in [0, 0.1) is 0 Å². The molecule has 172 valence electrons. The summed E-state index contributed by atoms with van der Waals surface area (Å²) in [5.41, 5.74) is 1.44. The maximum absolute atomic E-state index is 5.90. The highest BCUT2D eigenvalue weighted by atomic mass is 16.5. The quantitative estimate of drug-likeness (QED) is 0.214. The van der Waals surface area contributed by atoms with Crippen LogP contribution in [-0.2, 0) is 12.8 Å². The van der Waals surface area contributed by atoms with Crippen LogP contribution in [0.25, 0.3) is 0 Å². The summed E-state index contributed by atoms with van der Waals surface area (Å²) in [6.45, 7) is 3.12. The average Bonchev–Trinajstić information content (AvgIpc) is 2.81. The van der Waals surface area contributed by atoms with E-state index in [1.807, 2.05) is 18.5 Å². The van der Waals surface area contributed by atoms with Crippen LogP contribution in [0.1, 0.15) is 108 Å². The van der Waals surface area contributed by atoms with Gasteiger partial charge in [0.2, 0.25) is 0 Å². The minimum atomic E-state index is 0.853. The van der Waals surface area contributed by atoms with Gasteiger partial charge in [0.15, 0.2) is 0 Å². The molecule has 2 rings (SSSR count). The highest BCUT2D eigenvalue weighted by Gasteiger charge is 1.99. The fourth-order valence-corrected chi connectivity index (χ4v) is 3.96. The zero-order valence-electron chi connectivity index (χ0n) is 19.9. The third kappa shape index (κ3) is 13.2. The number of unbranched alkanes of at least 4 members (excludes halogenated alkanes) is 12. The number of ether oxygens (including phenoxy) is 1. The Morgan fingerprint density at radius 1 is 0.613 bits per heavy atom. The van der Waals surface area contributed by atoms with Crippen LogP contribution < -0.4 is 4.74 Å². The molecule has 0 aliphatic rings. The van der Waals surface area contributed by atoms with Gasteiger partial charge in [-0.05, 0) is 49.4 Å². The third-order valence-corrected chi connectivity index (χ3v) is 5.93. The molecule has 1 aromatic heterocycles. The standard InChI is InChI=1S/C28H44N2O/c1-2-3-4-5-9-12-15-25-31-27-21-19-26(20-22-27)17-13-10-7-6-8-11-14-18-28-29-23-16-24-30-28/h16,19-24H,2-15,17-18,25H2,1H3. The summed E-state index contributed by atoms with van der Waals surface area (Å²) >= 11 is 0. The van der Waals surface area contributed by atoms with Gasteiger partial charge in [0, 0.05) is 18.8 Å². The van der Waals surface area contributed by atoms with Gasteiger partial charge in [-0.2, -0.15) is 0 Å². The van der Waals surface area contributed by atoms with Gasteiger partial charge in [-0.1, -0.05) is 89.7 Å². The van der Waals surface area contributed by atoms with E-state index in [9.17, 15) is 0 Å². The van der Waals surface area contributed by atoms with Crippen LogP contribution in [-0.4, -0.2) is 16.6 Å². The minimum absolute atomic E-state index is 0.853. The van der Waals surface area contributed by atoms with E-state index in [-0.39, 0.29) is 0 Å². The normalized spacial score (nSPS) is 11.0. The van der Waals surface area contributed by atoms with E-state index in [0.29, 0.717) is 0 Å². The number of hydrogen-bond acceptors (Lipinski definition) is 3. The second-order valence-electron chi connectivity index (χ2n) is 8.75. The van der Waals surface area contributed by atoms with Crippen LogP contribution in [0.4, 0.5) is 0 Å². The van der Waals surface area contributed by atoms with Gasteiger partial charge in [0.25, 0.3) is 0 Å². The first-order valence-electron chi connectivity index (χ1n) is 12.9. The Morgan fingerprint density at radius 3 is 1.81 bits per heavy atom. The molecule has 0 spiro atoms. The van der Waals surface area contributed by atoms with E-state index in [2.05, 4.69) is 41.2 Å². The summed E-state index contributed by atoms with van der Waals surface area (Å²) in [6.07, 6.45) is 24.3. The summed E-state index contributed by atoms with van der Waals surface area (Å²) < 4.78 is 5.90. The molecule has 1 aromatic carbocycles. The first-order valence-corrected chi connectivity index (χ1v) is 12.9. The largest absolute Gasteiger partial charge is 0.494 e. The predicted octanol–water partition coefficient (Wildman–Crippen LogP) is 8.12. The molecule has 1 heterocycles. The molecule has 3 heteroatoms. The highest BCUT2D eigenvalue weighted by molar-refractivity contribution is 5.27.